The Kier molecular flexibility index (Phi) is 9.31. The molecule has 2 N–H and O–H groups in total. The minimum Gasteiger partial charge on any atom is -0.497 e. The molecule has 124 valence electrons. The van der Waals surface area contributed by atoms with Crippen molar-refractivity contribution in [2.24, 2.45) is 0 Å². The second kappa shape index (κ2) is 10.7. The molecular weight excluding hydrogens is 322 g/mol. The van der Waals surface area contributed by atoms with Crippen molar-refractivity contribution in [1.82, 2.24) is 15.5 Å². The standard InChI is InChI=1S/C15H23N3O2S.ClH/c1-20-13-3-2-4-14(11-13)21-12-15(19)17-7-10-18-8-5-16-6-9-18;/h2-4,11,16H,5-10,12H2,1H3,(H,17,19);1H. The zero-order valence-electron chi connectivity index (χ0n) is 12.8. The van der Waals surface area contributed by atoms with Crippen molar-refractivity contribution < 1.29 is 9.53 Å². The number of hydrogen-bond acceptors (Lipinski definition) is 5. The van der Waals surface area contributed by atoms with Gasteiger partial charge < -0.3 is 15.4 Å². The molecule has 0 radical (unpaired) electrons. The average molecular weight is 346 g/mol. The van der Waals surface area contributed by atoms with Gasteiger partial charge in [0.2, 0.25) is 5.91 Å². The minimum absolute atomic E-state index is 0. The number of carbonyl (C=O) groups is 1. The summed E-state index contributed by atoms with van der Waals surface area (Å²) in [5.41, 5.74) is 0. The number of amides is 1. The van der Waals surface area contributed by atoms with Crippen LogP contribution in [0.5, 0.6) is 5.75 Å². The van der Waals surface area contributed by atoms with E-state index >= 15 is 0 Å². The highest BCUT2D eigenvalue weighted by molar-refractivity contribution is 8.00. The molecular formula is C15H24ClN3O2S. The number of piperazine rings is 1. The number of benzene rings is 1. The van der Waals surface area contributed by atoms with E-state index < -0.39 is 0 Å². The molecule has 1 fully saturated rings. The van der Waals surface area contributed by atoms with Gasteiger partial charge in [-0.3, -0.25) is 9.69 Å². The van der Waals surface area contributed by atoms with Gasteiger partial charge in [-0.2, -0.15) is 0 Å². The zero-order valence-corrected chi connectivity index (χ0v) is 14.5. The lowest BCUT2D eigenvalue weighted by Crippen LogP contribution is -2.46. The molecule has 0 atom stereocenters. The van der Waals surface area contributed by atoms with E-state index in [1.165, 1.54) is 11.8 Å². The number of hydrogen-bond donors (Lipinski definition) is 2. The Bertz CT molecular complexity index is 456. The largest absolute Gasteiger partial charge is 0.497 e. The molecule has 22 heavy (non-hydrogen) atoms. The molecule has 5 nitrogen and oxygen atoms in total. The second-order valence-electron chi connectivity index (χ2n) is 4.91. The molecule has 1 saturated heterocycles. The molecule has 1 aromatic carbocycles. The first kappa shape index (κ1) is 19.1. The maximum absolute atomic E-state index is 11.8. The number of carbonyl (C=O) groups excluding carboxylic acids is 1. The lowest BCUT2D eigenvalue weighted by Gasteiger charge is -2.27. The Morgan fingerprint density at radius 1 is 1.41 bits per heavy atom. The fourth-order valence-corrected chi connectivity index (χ4v) is 2.95. The third-order valence-electron chi connectivity index (χ3n) is 3.37. The van der Waals surface area contributed by atoms with E-state index in [-0.39, 0.29) is 18.3 Å². The molecule has 0 saturated carbocycles. The molecule has 1 aliphatic heterocycles. The van der Waals surface area contributed by atoms with Gasteiger partial charge >= 0.3 is 0 Å². The number of methoxy groups -OCH3 is 1. The molecule has 7 heteroatoms. The Morgan fingerprint density at radius 2 is 2.18 bits per heavy atom. The molecule has 1 amide bonds. The number of rotatable bonds is 7. The van der Waals surface area contributed by atoms with Crippen molar-refractivity contribution in [3.05, 3.63) is 24.3 Å². The fraction of sp³-hybridized carbons (Fsp3) is 0.533. The van der Waals surface area contributed by atoms with Gasteiger partial charge in [-0.25, -0.2) is 0 Å². The topological polar surface area (TPSA) is 53.6 Å². The van der Waals surface area contributed by atoms with Gasteiger partial charge in [-0.05, 0) is 18.2 Å². The van der Waals surface area contributed by atoms with Gasteiger partial charge in [0.15, 0.2) is 0 Å². The van der Waals surface area contributed by atoms with E-state index in [9.17, 15) is 4.79 Å². The van der Waals surface area contributed by atoms with Gasteiger partial charge in [-0.15, -0.1) is 24.2 Å². The molecule has 0 spiro atoms. The van der Waals surface area contributed by atoms with Crippen LogP contribution in [0.1, 0.15) is 0 Å². The van der Waals surface area contributed by atoms with E-state index in [0.29, 0.717) is 5.75 Å². The Morgan fingerprint density at radius 3 is 2.91 bits per heavy atom. The van der Waals surface area contributed by atoms with Crippen LogP contribution in [-0.4, -0.2) is 62.9 Å². The highest BCUT2D eigenvalue weighted by Crippen LogP contribution is 2.22. The van der Waals surface area contributed by atoms with Crippen molar-refractivity contribution in [2.75, 3.05) is 52.1 Å². The van der Waals surface area contributed by atoms with Crippen molar-refractivity contribution in [2.45, 2.75) is 4.90 Å². The molecule has 0 aromatic heterocycles. The third kappa shape index (κ3) is 6.87. The maximum Gasteiger partial charge on any atom is 0.230 e. The lowest BCUT2D eigenvalue weighted by atomic mass is 10.3. The van der Waals surface area contributed by atoms with Crippen LogP contribution in [0.3, 0.4) is 0 Å². The maximum atomic E-state index is 11.8. The molecule has 0 aliphatic carbocycles. The SMILES string of the molecule is COc1cccc(SCC(=O)NCCN2CCNCC2)c1.Cl. The molecule has 0 unspecified atom stereocenters. The molecule has 1 heterocycles. The van der Waals surface area contributed by atoms with Crippen LogP contribution in [0.25, 0.3) is 0 Å². The third-order valence-corrected chi connectivity index (χ3v) is 4.36. The predicted octanol–water partition coefficient (Wildman–Crippen LogP) is 1.23. The van der Waals surface area contributed by atoms with Crippen LogP contribution in [0.15, 0.2) is 29.2 Å². The first-order chi connectivity index (χ1) is 10.3. The summed E-state index contributed by atoms with van der Waals surface area (Å²) in [6.45, 7) is 5.86. The van der Waals surface area contributed by atoms with E-state index in [1.54, 1.807) is 7.11 Å². The number of halogens is 1. The minimum atomic E-state index is 0. The van der Waals surface area contributed by atoms with Crippen LogP contribution in [0.4, 0.5) is 0 Å². The first-order valence-corrected chi connectivity index (χ1v) is 8.23. The predicted molar refractivity (Wildman–Crippen MR) is 93.3 cm³/mol. The molecule has 2 rings (SSSR count). The van der Waals surface area contributed by atoms with Crippen LogP contribution in [-0.2, 0) is 4.79 Å². The van der Waals surface area contributed by atoms with Crippen molar-refractivity contribution in [3.63, 3.8) is 0 Å². The monoisotopic (exact) mass is 345 g/mol. The molecule has 0 bridgehead atoms. The van der Waals surface area contributed by atoms with E-state index in [1.807, 2.05) is 24.3 Å². The Labute approximate surface area is 142 Å². The van der Waals surface area contributed by atoms with Gasteiger partial charge in [0.25, 0.3) is 0 Å². The first-order valence-electron chi connectivity index (χ1n) is 7.24. The number of ether oxygens (including phenoxy) is 1. The van der Waals surface area contributed by atoms with Gasteiger partial charge in [0, 0.05) is 44.2 Å². The molecule has 1 aromatic rings. The summed E-state index contributed by atoms with van der Waals surface area (Å²) in [5, 5.41) is 6.29. The van der Waals surface area contributed by atoms with Crippen LogP contribution in [0.2, 0.25) is 0 Å². The van der Waals surface area contributed by atoms with Crippen molar-refractivity contribution in [3.8, 4) is 5.75 Å². The number of thioether (sulfide) groups is 1. The zero-order chi connectivity index (χ0) is 14.9. The lowest BCUT2D eigenvalue weighted by molar-refractivity contribution is -0.118. The van der Waals surface area contributed by atoms with Gasteiger partial charge in [-0.1, -0.05) is 6.07 Å². The average Bonchev–Trinajstić information content (AvgIpc) is 2.54. The van der Waals surface area contributed by atoms with Crippen molar-refractivity contribution >= 4 is 30.1 Å². The van der Waals surface area contributed by atoms with E-state index in [0.717, 1.165) is 49.9 Å². The second-order valence-corrected chi connectivity index (χ2v) is 5.96. The van der Waals surface area contributed by atoms with E-state index in [2.05, 4.69) is 15.5 Å². The summed E-state index contributed by atoms with van der Waals surface area (Å²) < 4.78 is 5.17. The molecule has 1 aliphatic rings. The Balaban J connectivity index is 0.00000242. The summed E-state index contributed by atoms with van der Waals surface area (Å²) in [7, 11) is 1.65. The summed E-state index contributed by atoms with van der Waals surface area (Å²) in [6.07, 6.45) is 0. The summed E-state index contributed by atoms with van der Waals surface area (Å²) in [6, 6.07) is 7.76. The van der Waals surface area contributed by atoms with Crippen LogP contribution < -0.4 is 15.4 Å². The summed E-state index contributed by atoms with van der Waals surface area (Å²) in [4.78, 5) is 15.2. The summed E-state index contributed by atoms with van der Waals surface area (Å²) >= 11 is 1.53. The normalized spacial score (nSPS) is 15.0. The van der Waals surface area contributed by atoms with Gasteiger partial charge in [0.1, 0.15) is 5.75 Å². The van der Waals surface area contributed by atoms with Crippen LogP contribution >= 0.6 is 24.2 Å². The van der Waals surface area contributed by atoms with E-state index in [4.69, 9.17) is 4.74 Å². The highest BCUT2D eigenvalue weighted by Gasteiger charge is 2.09. The fourth-order valence-electron chi connectivity index (χ4n) is 2.18. The van der Waals surface area contributed by atoms with Crippen LogP contribution in [0, 0.1) is 0 Å². The quantitative estimate of drug-likeness (QED) is 0.728. The Hall–Kier alpha value is -0.950. The highest BCUT2D eigenvalue weighted by atomic mass is 35.5. The van der Waals surface area contributed by atoms with Gasteiger partial charge in [0.05, 0.1) is 12.9 Å². The smallest absolute Gasteiger partial charge is 0.230 e. The number of nitrogens with one attached hydrogen (secondary N) is 2. The summed E-state index contributed by atoms with van der Waals surface area (Å²) in [5.74, 6) is 1.34. The van der Waals surface area contributed by atoms with Crippen molar-refractivity contribution in [1.29, 1.82) is 0 Å². The number of nitrogens with zero attached hydrogens (tertiary/aromatic N) is 1.